The molecule has 254 valence electrons. The summed E-state index contributed by atoms with van der Waals surface area (Å²) in [6, 6.07) is 17.7. The summed E-state index contributed by atoms with van der Waals surface area (Å²) in [4.78, 5) is 40.6. The van der Waals surface area contributed by atoms with E-state index in [1.807, 2.05) is 44.1 Å². The van der Waals surface area contributed by atoms with Crippen molar-refractivity contribution in [3.63, 3.8) is 0 Å². The van der Waals surface area contributed by atoms with Gasteiger partial charge in [-0.15, -0.1) is 0 Å². The molecule has 11 nitrogen and oxygen atoms in total. The van der Waals surface area contributed by atoms with Crippen LogP contribution < -0.4 is 31.2 Å². The Hall–Kier alpha value is -4.45. The number of unbranched alkanes of at least 4 members (excludes halogenated alkanes) is 2. The number of hydrogen-bond acceptors (Lipinski definition) is 8. The number of carbonyl (C=O) groups excluding carboxylic acids is 3. The minimum Gasteiger partial charge on any atom is -0.493 e. The molecule has 0 spiro atoms. The van der Waals surface area contributed by atoms with E-state index in [0.29, 0.717) is 78.7 Å². The van der Waals surface area contributed by atoms with Crippen LogP contribution in [0, 0.1) is 6.92 Å². The molecule has 3 aromatic carbocycles. The molecule has 0 heterocycles. The molecule has 0 aromatic heterocycles. The molecule has 47 heavy (non-hydrogen) atoms. The van der Waals surface area contributed by atoms with Gasteiger partial charge in [-0.05, 0) is 101 Å². The summed E-state index contributed by atoms with van der Waals surface area (Å²) < 4.78 is 17.2. The molecule has 3 amide bonds. The number of nitrogens with one attached hydrogen (secondary N) is 3. The monoisotopic (exact) mass is 647 g/mol. The van der Waals surface area contributed by atoms with Gasteiger partial charge in [0, 0.05) is 43.4 Å². The van der Waals surface area contributed by atoms with Crippen LogP contribution in [-0.2, 0) is 16.1 Å². The van der Waals surface area contributed by atoms with Crippen molar-refractivity contribution in [2.45, 2.75) is 45.6 Å². The predicted octanol–water partition coefficient (Wildman–Crippen LogP) is 4.99. The quantitative estimate of drug-likeness (QED) is 0.126. The van der Waals surface area contributed by atoms with E-state index in [1.54, 1.807) is 49.6 Å². The molecular formula is C36H49N5O6. The molecule has 0 fully saturated rings. The number of aryl methyl sites for hydroxylation is 1. The topological polar surface area (TPSA) is 144 Å². The lowest BCUT2D eigenvalue weighted by Crippen LogP contribution is -2.31. The second-order valence-electron chi connectivity index (χ2n) is 11.5. The number of anilines is 2. The van der Waals surface area contributed by atoms with Gasteiger partial charge >= 0.3 is 0 Å². The highest BCUT2D eigenvalue weighted by atomic mass is 16.5. The molecular weight excluding hydrogens is 598 g/mol. The Morgan fingerprint density at radius 1 is 0.809 bits per heavy atom. The number of ether oxygens (including phenoxy) is 3. The van der Waals surface area contributed by atoms with Crippen LogP contribution in [0.2, 0.25) is 0 Å². The van der Waals surface area contributed by atoms with Gasteiger partial charge in [-0.2, -0.15) is 0 Å². The van der Waals surface area contributed by atoms with Crippen molar-refractivity contribution in [3.8, 4) is 11.5 Å². The van der Waals surface area contributed by atoms with Crippen molar-refractivity contribution in [1.29, 1.82) is 0 Å². The first-order valence-corrected chi connectivity index (χ1v) is 16.0. The highest BCUT2D eigenvalue weighted by molar-refractivity contribution is 6.08. The number of likely N-dealkylation sites (N-methyl/N-ethyl adjacent to an activating group) is 1. The largest absolute Gasteiger partial charge is 0.493 e. The van der Waals surface area contributed by atoms with E-state index >= 15 is 0 Å². The average Bonchev–Trinajstić information content (AvgIpc) is 3.04. The Morgan fingerprint density at radius 2 is 1.53 bits per heavy atom. The first kappa shape index (κ1) is 37.0. The molecule has 0 atom stereocenters. The third-order valence-electron chi connectivity index (χ3n) is 7.23. The molecule has 0 unspecified atom stereocenters. The maximum atomic E-state index is 13.4. The molecule has 0 radical (unpaired) electrons. The third kappa shape index (κ3) is 12.7. The molecule has 0 saturated heterocycles. The Morgan fingerprint density at radius 3 is 2.30 bits per heavy atom. The van der Waals surface area contributed by atoms with Crippen molar-refractivity contribution >= 4 is 29.1 Å². The number of para-hydroxylation sites is 1. The second kappa shape index (κ2) is 19.9. The smallest absolute Gasteiger partial charge is 0.259 e. The minimum absolute atomic E-state index is 0.0644. The van der Waals surface area contributed by atoms with Crippen molar-refractivity contribution in [2.24, 2.45) is 5.73 Å². The lowest BCUT2D eigenvalue weighted by atomic mass is 10.1. The summed E-state index contributed by atoms with van der Waals surface area (Å²) in [6.07, 6.45) is 3.58. The van der Waals surface area contributed by atoms with Gasteiger partial charge in [0.25, 0.3) is 11.8 Å². The molecule has 0 bridgehead atoms. The summed E-state index contributed by atoms with van der Waals surface area (Å²) in [7, 11) is 5.50. The van der Waals surface area contributed by atoms with E-state index in [1.165, 1.54) is 0 Å². The van der Waals surface area contributed by atoms with E-state index < -0.39 is 0 Å². The van der Waals surface area contributed by atoms with Crippen LogP contribution in [-0.4, -0.2) is 76.7 Å². The minimum atomic E-state index is -0.340. The summed E-state index contributed by atoms with van der Waals surface area (Å²) in [6.45, 7) is 4.96. The Balaban J connectivity index is 1.60. The zero-order valence-corrected chi connectivity index (χ0v) is 28.0. The summed E-state index contributed by atoms with van der Waals surface area (Å²) in [5, 5.41) is 8.82. The van der Waals surface area contributed by atoms with Crippen LogP contribution in [0.3, 0.4) is 0 Å². The van der Waals surface area contributed by atoms with Gasteiger partial charge in [0.2, 0.25) is 5.91 Å². The molecule has 0 aliphatic heterocycles. The number of hydrogen-bond donors (Lipinski definition) is 4. The predicted molar refractivity (Wildman–Crippen MR) is 185 cm³/mol. The molecule has 11 heteroatoms. The fraction of sp³-hybridized carbons (Fsp3) is 0.417. The Kier molecular flexibility index (Phi) is 15.7. The zero-order chi connectivity index (χ0) is 34.0. The highest BCUT2D eigenvalue weighted by Crippen LogP contribution is 2.28. The number of nitrogens with two attached hydrogens (primary N) is 1. The van der Waals surface area contributed by atoms with Crippen molar-refractivity contribution in [3.05, 3.63) is 82.9 Å². The maximum Gasteiger partial charge on any atom is 0.259 e. The fourth-order valence-electron chi connectivity index (χ4n) is 4.67. The summed E-state index contributed by atoms with van der Waals surface area (Å²) in [5.41, 5.74) is 9.08. The van der Waals surface area contributed by atoms with Gasteiger partial charge < -0.3 is 40.8 Å². The number of nitrogens with zero attached hydrogens (tertiary/aromatic N) is 1. The fourth-order valence-corrected chi connectivity index (χ4v) is 4.67. The second-order valence-corrected chi connectivity index (χ2v) is 11.5. The molecule has 3 aromatic rings. The van der Waals surface area contributed by atoms with Gasteiger partial charge in [0.05, 0.1) is 31.1 Å². The normalized spacial score (nSPS) is 10.9. The Labute approximate surface area is 278 Å². The van der Waals surface area contributed by atoms with Gasteiger partial charge in [-0.25, -0.2) is 0 Å². The van der Waals surface area contributed by atoms with E-state index in [2.05, 4.69) is 16.0 Å². The van der Waals surface area contributed by atoms with Gasteiger partial charge in [-0.3, -0.25) is 14.4 Å². The highest BCUT2D eigenvalue weighted by Gasteiger charge is 2.17. The van der Waals surface area contributed by atoms with Crippen LogP contribution in [0.5, 0.6) is 11.5 Å². The van der Waals surface area contributed by atoms with E-state index in [9.17, 15) is 14.4 Å². The average molecular weight is 648 g/mol. The maximum absolute atomic E-state index is 13.4. The van der Waals surface area contributed by atoms with Crippen molar-refractivity contribution in [2.75, 3.05) is 64.7 Å². The van der Waals surface area contributed by atoms with Gasteiger partial charge in [0.15, 0.2) is 0 Å². The van der Waals surface area contributed by atoms with Crippen molar-refractivity contribution in [1.82, 2.24) is 10.2 Å². The number of benzene rings is 3. The number of rotatable bonds is 20. The lowest BCUT2D eigenvalue weighted by molar-refractivity contribution is -0.121. The third-order valence-corrected chi connectivity index (χ3v) is 7.23. The SMILES string of the molecule is COCc1cc(C(=O)Nc2ccc(C)cc2OCCCCCC(=O)NCCN(C)C)ccc1NC(=O)c1ccccc1OCCCN. The van der Waals surface area contributed by atoms with E-state index in [4.69, 9.17) is 19.9 Å². The number of methoxy groups -OCH3 is 1. The van der Waals surface area contributed by atoms with E-state index in [0.717, 1.165) is 31.4 Å². The Bertz CT molecular complexity index is 1460. The van der Waals surface area contributed by atoms with Crippen LogP contribution in [0.15, 0.2) is 60.7 Å². The first-order valence-electron chi connectivity index (χ1n) is 16.0. The first-order chi connectivity index (χ1) is 22.7. The molecule has 0 aliphatic rings. The van der Waals surface area contributed by atoms with E-state index in [-0.39, 0.29) is 24.3 Å². The van der Waals surface area contributed by atoms with Crippen LogP contribution in [0.25, 0.3) is 0 Å². The number of amides is 3. The number of carbonyl (C=O) groups is 3. The van der Waals surface area contributed by atoms with Crippen LogP contribution in [0.1, 0.15) is 63.9 Å². The lowest BCUT2D eigenvalue weighted by Gasteiger charge is -2.16. The molecule has 5 N–H and O–H groups in total. The summed E-state index contributed by atoms with van der Waals surface area (Å²) >= 11 is 0. The molecule has 0 saturated carbocycles. The van der Waals surface area contributed by atoms with Gasteiger partial charge in [0.1, 0.15) is 11.5 Å². The van der Waals surface area contributed by atoms with Crippen LogP contribution in [0.4, 0.5) is 11.4 Å². The van der Waals surface area contributed by atoms with Crippen molar-refractivity contribution < 1.29 is 28.6 Å². The summed E-state index contributed by atoms with van der Waals surface area (Å²) in [5.74, 6) is 0.445. The molecule has 3 rings (SSSR count). The zero-order valence-electron chi connectivity index (χ0n) is 28.0. The molecule has 0 aliphatic carbocycles. The van der Waals surface area contributed by atoms with Crippen LogP contribution >= 0.6 is 0 Å². The standard InChI is InChI=1S/C36H49N5O6/c1-26-14-16-31(33(23-26)47-21-9-5-6-13-34(42)38-19-20-41(2)3)40-35(43)27-15-17-30(28(24-27)25-45-4)39-36(44)29-11-7-8-12-32(29)46-22-10-18-37/h7-8,11-12,14-17,23-24H,5-6,9-10,13,18-22,25,37H2,1-4H3,(H,38,42)(H,39,44)(H,40,43). The van der Waals surface area contributed by atoms with Gasteiger partial charge in [-0.1, -0.05) is 18.2 Å².